The Balaban J connectivity index is 1.56. The molecule has 33 heavy (non-hydrogen) atoms. The Hall–Kier alpha value is -3.76. The molecule has 1 aliphatic rings. The van der Waals surface area contributed by atoms with Crippen molar-refractivity contribution in [2.24, 2.45) is 0 Å². The molecule has 0 unspecified atom stereocenters. The molecule has 7 heteroatoms. The number of hydrogen-bond acceptors (Lipinski definition) is 5. The van der Waals surface area contributed by atoms with Gasteiger partial charge in [-0.3, -0.25) is 9.36 Å². The van der Waals surface area contributed by atoms with Crippen molar-refractivity contribution in [2.45, 2.75) is 51.2 Å². The highest BCUT2D eigenvalue weighted by molar-refractivity contribution is 5.70. The summed E-state index contributed by atoms with van der Waals surface area (Å²) in [4.78, 5) is 18.0. The molecule has 0 aliphatic heterocycles. The molecule has 7 nitrogen and oxygen atoms in total. The van der Waals surface area contributed by atoms with E-state index in [9.17, 15) is 15.2 Å². The van der Waals surface area contributed by atoms with Crippen molar-refractivity contribution in [3.05, 3.63) is 87.6 Å². The zero-order valence-corrected chi connectivity index (χ0v) is 18.5. The number of hydrogen-bond donors (Lipinski definition) is 1. The smallest absolute Gasteiger partial charge is 0.259 e. The van der Waals surface area contributed by atoms with Crippen LogP contribution in [0.15, 0.2) is 59.7 Å². The van der Waals surface area contributed by atoms with E-state index in [2.05, 4.69) is 23.1 Å². The van der Waals surface area contributed by atoms with Crippen molar-refractivity contribution in [3.63, 3.8) is 0 Å². The minimum Gasteiger partial charge on any atom is -0.393 e. The first-order valence-corrected chi connectivity index (χ1v) is 11.3. The Morgan fingerprint density at radius 1 is 1.15 bits per heavy atom. The fourth-order valence-electron chi connectivity index (χ4n) is 4.69. The van der Waals surface area contributed by atoms with Crippen LogP contribution < -0.4 is 5.56 Å². The fraction of sp³-hybridized carbons (Fsp3) is 0.308. The average Bonchev–Trinajstić information content (AvgIpc) is 3.30. The lowest BCUT2D eigenvalue weighted by Gasteiger charge is -2.33. The number of nitrogens with zero attached hydrogens (tertiary/aromatic N) is 5. The van der Waals surface area contributed by atoms with E-state index < -0.39 is 0 Å². The lowest BCUT2D eigenvalue weighted by molar-refractivity contribution is 0.0481. The fourth-order valence-corrected chi connectivity index (χ4v) is 4.69. The van der Waals surface area contributed by atoms with Gasteiger partial charge in [0.15, 0.2) is 0 Å². The van der Waals surface area contributed by atoms with E-state index in [0.29, 0.717) is 30.6 Å². The molecule has 1 fully saturated rings. The first kappa shape index (κ1) is 21.1. The number of fused-ring (bicyclic) bond motifs is 1. The SMILES string of the molecule is CCCc1c(Cc2ccc(-c3ccccc3C#N)cc2)c(=O)n([C@H]2C[C@H](O)C2)c2ncnn12. The number of aromatic nitrogens is 4. The molecule has 0 saturated heterocycles. The van der Waals surface area contributed by atoms with Crippen LogP contribution in [0.5, 0.6) is 0 Å². The Labute approximate surface area is 191 Å². The lowest BCUT2D eigenvalue weighted by atomic mass is 9.89. The number of rotatable bonds is 6. The molecular weight excluding hydrogens is 414 g/mol. The summed E-state index contributed by atoms with van der Waals surface area (Å²) in [6.45, 7) is 2.09. The van der Waals surface area contributed by atoms with Crippen molar-refractivity contribution < 1.29 is 5.11 Å². The zero-order valence-electron chi connectivity index (χ0n) is 18.5. The van der Waals surface area contributed by atoms with Gasteiger partial charge in [0.05, 0.1) is 23.4 Å². The van der Waals surface area contributed by atoms with E-state index >= 15 is 0 Å². The third kappa shape index (κ3) is 3.73. The molecule has 0 spiro atoms. The highest BCUT2D eigenvalue weighted by Gasteiger charge is 2.32. The van der Waals surface area contributed by atoms with Gasteiger partial charge < -0.3 is 5.11 Å². The topological polar surface area (TPSA) is 96.2 Å². The van der Waals surface area contributed by atoms with Gasteiger partial charge in [-0.1, -0.05) is 55.8 Å². The minimum atomic E-state index is -0.368. The van der Waals surface area contributed by atoms with Crippen LogP contribution in [0.4, 0.5) is 0 Å². The normalized spacial score (nSPS) is 17.6. The minimum absolute atomic E-state index is 0.0465. The molecule has 2 aromatic heterocycles. The van der Waals surface area contributed by atoms with E-state index in [0.717, 1.165) is 40.8 Å². The summed E-state index contributed by atoms with van der Waals surface area (Å²) in [6, 6.07) is 17.8. The monoisotopic (exact) mass is 439 g/mol. The first-order chi connectivity index (χ1) is 16.1. The van der Waals surface area contributed by atoms with Crippen molar-refractivity contribution in [3.8, 4) is 17.2 Å². The second-order valence-corrected chi connectivity index (χ2v) is 8.63. The summed E-state index contributed by atoms with van der Waals surface area (Å²) in [6.07, 6.45) is 4.34. The molecule has 5 rings (SSSR count). The molecule has 0 radical (unpaired) electrons. The van der Waals surface area contributed by atoms with Gasteiger partial charge in [0, 0.05) is 18.0 Å². The summed E-state index contributed by atoms with van der Waals surface area (Å²) in [5.74, 6) is 0.549. The van der Waals surface area contributed by atoms with E-state index in [1.165, 1.54) is 6.33 Å². The van der Waals surface area contributed by atoms with Gasteiger partial charge in [0.2, 0.25) is 5.78 Å². The maximum atomic E-state index is 13.7. The molecule has 1 saturated carbocycles. The summed E-state index contributed by atoms with van der Waals surface area (Å²) >= 11 is 0. The summed E-state index contributed by atoms with van der Waals surface area (Å²) < 4.78 is 3.51. The number of nitriles is 1. The predicted octanol–water partition coefficient (Wildman–Crippen LogP) is 3.67. The Morgan fingerprint density at radius 2 is 1.91 bits per heavy atom. The average molecular weight is 440 g/mol. The summed E-state index contributed by atoms with van der Waals surface area (Å²) in [5.41, 5.74) is 5.09. The van der Waals surface area contributed by atoms with Crippen molar-refractivity contribution in [1.29, 1.82) is 5.26 Å². The zero-order chi connectivity index (χ0) is 22.9. The largest absolute Gasteiger partial charge is 0.393 e. The van der Waals surface area contributed by atoms with E-state index in [-0.39, 0.29) is 17.7 Å². The van der Waals surface area contributed by atoms with Gasteiger partial charge in [-0.25, -0.2) is 4.52 Å². The van der Waals surface area contributed by atoms with Gasteiger partial charge in [-0.15, -0.1) is 0 Å². The molecule has 1 aliphatic carbocycles. The predicted molar refractivity (Wildman–Crippen MR) is 125 cm³/mol. The first-order valence-electron chi connectivity index (χ1n) is 11.3. The highest BCUT2D eigenvalue weighted by Crippen LogP contribution is 2.32. The third-order valence-corrected chi connectivity index (χ3v) is 6.46. The van der Waals surface area contributed by atoms with Gasteiger partial charge in [0.25, 0.3) is 5.56 Å². The molecule has 2 heterocycles. The van der Waals surface area contributed by atoms with Gasteiger partial charge >= 0.3 is 0 Å². The van der Waals surface area contributed by atoms with Crippen LogP contribution in [-0.2, 0) is 12.8 Å². The third-order valence-electron chi connectivity index (χ3n) is 6.46. The molecule has 0 atom stereocenters. The van der Waals surface area contributed by atoms with Crippen molar-refractivity contribution in [2.75, 3.05) is 0 Å². The maximum Gasteiger partial charge on any atom is 0.259 e. The number of aliphatic hydroxyl groups excluding tert-OH is 1. The number of aliphatic hydroxyl groups is 1. The summed E-state index contributed by atoms with van der Waals surface area (Å²) in [5, 5.41) is 23.6. The number of aryl methyl sites for hydroxylation is 1. The molecule has 2 aromatic carbocycles. The van der Waals surface area contributed by atoms with Crippen LogP contribution >= 0.6 is 0 Å². The Morgan fingerprint density at radius 3 is 2.61 bits per heavy atom. The molecule has 4 aromatic rings. The van der Waals surface area contributed by atoms with Gasteiger partial charge in [0.1, 0.15) is 6.33 Å². The van der Waals surface area contributed by atoms with Crippen LogP contribution in [0.25, 0.3) is 16.9 Å². The van der Waals surface area contributed by atoms with Crippen LogP contribution in [-0.4, -0.2) is 30.4 Å². The second kappa shape index (κ2) is 8.64. The van der Waals surface area contributed by atoms with E-state index in [1.807, 2.05) is 48.5 Å². The molecular formula is C26H25N5O2. The van der Waals surface area contributed by atoms with Crippen LogP contribution in [0.3, 0.4) is 0 Å². The summed E-state index contributed by atoms with van der Waals surface area (Å²) in [7, 11) is 0. The van der Waals surface area contributed by atoms with E-state index in [4.69, 9.17) is 0 Å². The van der Waals surface area contributed by atoms with Crippen molar-refractivity contribution in [1.82, 2.24) is 19.2 Å². The van der Waals surface area contributed by atoms with Crippen LogP contribution in [0, 0.1) is 11.3 Å². The maximum absolute atomic E-state index is 13.7. The standard InChI is InChI=1S/C26H25N5O2/c1-2-5-24-23(25(33)30(20-13-21(32)14-20)26-28-16-29-31(24)26)12-17-8-10-18(11-9-17)22-7-4-3-6-19(22)15-27/h3-4,6-11,16,20-21,32H,2,5,12-14H2,1H3/t20-,21-. The van der Waals surface area contributed by atoms with E-state index in [1.54, 1.807) is 9.08 Å². The van der Waals surface area contributed by atoms with Gasteiger partial charge in [-0.05, 0) is 42.0 Å². The van der Waals surface area contributed by atoms with Gasteiger partial charge in [-0.2, -0.15) is 15.3 Å². The molecule has 1 N–H and O–H groups in total. The van der Waals surface area contributed by atoms with Crippen molar-refractivity contribution >= 4 is 5.78 Å². The lowest BCUT2D eigenvalue weighted by Crippen LogP contribution is -2.39. The Kier molecular flexibility index (Phi) is 5.53. The molecule has 0 bridgehead atoms. The quantitative estimate of drug-likeness (QED) is 0.495. The second-order valence-electron chi connectivity index (χ2n) is 8.63. The number of benzene rings is 2. The molecule has 166 valence electrons. The van der Waals surface area contributed by atoms with Crippen LogP contribution in [0.2, 0.25) is 0 Å². The highest BCUT2D eigenvalue weighted by atomic mass is 16.3. The molecule has 0 amide bonds. The van der Waals surface area contributed by atoms with Crippen LogP contribution in [0.1, 0.15) is 54.6 Å². The Bertz CT molecular complexity index is 1410.